The van der Waals surface area contributed by atoms with Crippen LogP contribution in [0.3, 0.4) is 0 Å². The van der Waals surface area contributed by atoms with Gasteiger partial charge < -0.3 is 5.73 Å². The van der Waals surface area contributed by atoms with E-state index in [-0.39, 0.29) is 5.91 Å². The molecule has 0 radical (unpaired) electrons. The summed E-state index contributed by atoms with van der Waals surface area (Å²) in [6.07, 6.45) is 0.902. The normalized spacial score (nSPS) is 15.7. The highest BCUT2D eigenvalue weighted by atomic mass is 16.7. The fourth-order valence-electron chi connectivity index (χ4n) is 1.56. The molecule has 1 heterocycles. The summed E-state index contributed by atoms with van der Waals surface area (Å²) >= 11 is 0. The Balaban J connectivity index is 2.21. The van der Waals surface area contributed by atoms with Crippen LogP contribution in [0.5, 0.6) is 0 Å². The Morgan fingerprint density at radius 1 is 1.53 bits per heavy atom. The lowest BCUT2D eigenvalue weighted by Crippen LogP contribution is -2.26. The highest BCUT2D eigenvalue weighted by Crippen LogP contribution is 2.16. The SMILES string of the molecule is Cc1cc(C(=O)N2CCCO2)ccc1N. The molecule has 1 aromatic rings. The number of amides is 1. The molecule has 0 atom stereocenters. The molecule has 0 aromatic heterocycles. The number of nitrogens with zero attached hydrogens (tertiary/aromatic N) is 1. The van der Waals surface area contributed by atoms with Crippen molar-refractivity contribution in [3.63, 3.8) is 0 Å². The summed E-state index contributed by atoms with van der Waals surface area (Å²) in [7, 11) is 0. The third-order valence-corrected chi connectivity index (χ3v) is 2.50. The number of rotatable bonds is 1. The Labute approximate surface area is 88.6 Å². The lowest BCUT2D eigenvalue weighted by atomic mass is 10.1. The molecule has 4 heteroatoms. The largest absolute Gasteiger partial charge is 0.399 e. The summed E-state index contributed by atoms with van der Waals surface area (Å²) in [6.45, 7) is 3.18. The van der Waals surface area contributed by atoms with Gasteiger partial charge >= 0.3 is 0 Å². The van der Waals surface area contributed by atoms with Crippen LogP contribution in [0.15, 0.2) is 18.2 Å². The first kappa shape index (κ1) is 9.98. The molecule has 1 aliphatic rings. The number of anilines is 1. The first-order valence-electron chi connectivity index (χ1n) is 4.99. The van der Waals surface area contributed by atoms with E-state index in [1.807, 2.05) is 6.92 Å². The average Bonchev–Trinajstić information content (AvgIpc) is 2.74. The molecule has 1 fully saturated rings. The summed E-state index contributed by atoms with van der Waals surface area (Å²) in [6, 6.07) is 5.27. The van der Waals surface area contributed by atoms with Gasteiger partial charge in [0.1, 0.15) is 0 Å². The van der Waals surface area contributed by atoms with Crippen LogP contribution in [0.1, 0.15) is 22.3 Å². The van der Waals surface area contributed by atoms with Crippen LogP contribution >= 0.6 is 0 Å². The molecule has 0 bridgehead atoms. The van der Waals surface area contributed by atoms with E-state index in [9.17, 15) is 4.79 Å². The van der Waals surface area contributed by atoms with Crippen LogP contribution in [0.4, 0.5) is 5.69 Å². The van der Waals surface area contributed by atoms with Crippen molar-refractivity contribution < 1.29 is 9.63 Å². The monoisotopic (exact) mass is 206 g/mol. The van der Waals surface area contributed by atoms with E-state index < -0.39 is 0 Å². The Morgan fingerprint density at radius 2 is 2.33 bits per heavy atom. The number of aryl methyl sites for hydroxylation is 1. The molecule has 0 saturated carbocycles. The fraction of sp³-hybridized carbons (Fsp3) is 0.364. The minimum absolute atomic E-state index is 0.0874. The van der Waals surface area contributed by atoms with E-state index in [1.165, 1.54) is 5.06 Å². The number of carbonyl (C=O) groups excluding carboxylic acids is 1. The molecule has 0 aliphatic carbocycles. The van der Waals surface area contributed by atoms with Gasteiger partial charge in [0.2, 0.25) is 0 Å². The summed E-state index contributed by atoms with van der Waals surface area (Å²) in [5, 5.41) is 1.41. The molecular formula is C11H14N2O2. The van der Waals surface area contributed by atoms with Gasteiger partial charge in [-0.3, -0.25) is 9.63 Å². The number of nitrogen functional groups attached to an aromatic ring is 1. The molecule has 1 saturated heterocycles. The number of hydrogen-bond acceptors (Lipinski definition) is 3. The molecule has 0 spiro atoms. The molecule has 2 N–H and O–H groups in total. The lowest BCUT2D eigenvalue weighted by Gasteiger charge is -2.14. The maximum absolute atomic E-state index is 11.9. The molecule has 1 aromatic carbocycles. The molecule has 80 valence electrons. The summed E-state index contributed by atoms with van der Waals surface area (Å²) in [5.41, 5.74) is 7.93. The first-order valence-corrected chi connectivity index (χ1v) is 4.99. The maximum atomic E-state index is 11.9. The van der Waals surface area contributed by atoms with E-state index in [0.717, 1.165) is 12.0 Å². The molecule has 1 aliphatic heterocycles. The van der Waals surface area contributed by atoms with Crippen molar-refractivity contribution in [2.75, 3.05) is 18.9 Å². The summed E-state index contributed by atoms with van der Waals surface area (Å²) in [4.78, 5) is 17.1. The number of benzene rings is 1. The zero-order valence-electron chi connectivity index (χ0n) is 8.69. The second kappa shape index (κ2) is 3.90. The third kappa shape index (κ3) is 1.94. The zero-order valence-corrected chi connectivity index (χ0v) is 8.69. The van der Waals surface area contributed by atoms with Crippen LogP contribution < -0.4 is 5.73 Å². The number of carbonyl (C=O) groups is 1. The predicted octanol–water partition coefficient (Wildman–Crippen LogP) is 1.35. The smallest absolute Gasteiger partial charge is 0.277 e. The third-order valence-electron chi connectivity index (χ3n) is 2.50. The highest BCUT2D eigenvalue weighted by Gasteiger charge is 2.20. The summed E-state index contributed by atoms with van der Waals surface area (Å²) in [5.74, 6) is -0.0874. The van der Waals surface area contributed by atoms with E-state index >= 15 is 0 Å². The van der Waals surface area contributed by atoms with Crippen molar-refractivity contribution >= 4 is 11.6 Å². The molecule has 0 unspecified atom stereocenters. The maximum Gasteiger partial charge on any atom is 0.277 e. The van der Waals surface area contributed by atoms with E-state index in [1.54, 1.807) is 18.2 Å². The molecule has 1 amide bonds. The van der Waals surface area contributed by atoms with E-state index in [2.05, 4.69) is 0 Å². The summed E-state index contributed by atoms with van der Waals surface area (Å²) < 4.78 is 0. The first-order chi connectivity index (χ1) is 7.18. The molecule has 15 heavy (non-hydrogen) atoms. The number of nitrogens with two attached hydrogens (primary N) is 1. The van der Waals surface area contributed by atoms with Crippen molar-refractivity contribution in [3.05, 3.63) is 29.3 Å². The highest BCUT2D eigenvalue weighted by molar-refractivity contribution is 5.94. The van der Waals surface area contributed by atoms with E-state index in [0.29, 0.717) is 24.4 Å². The van der Waals surface area contributed by atoms with Crippen molar-refractivity contribution in [1.82, 2.24) is 5.06 Å². The Hall–Kier alpha value is -1.55. The van der Waals surface area contributed by atoms with Crippen LogP contribution in [0, 0.1) is 6.92 Å². The van der Waals surface area contributed by atoms with Gasteiger partial charge in [0.15, 0.2) is 0 Å². The fourth-order valence-corrected chi connectivity index (χ4v) is 1.56. The number of hydrogen-bond donors (Lipinski definition) is 1. The topological polar surface area (TPSA) is 55.6 Å². The van der Waals surface area contributed by atoms with Crippen molar-refractivity contribution in [3.8, 4) is 0 Å². The molecule has 4 nitrogen and oxygen atoms in total. The van der Waals surface area contributed by atoms with Crippen LogP contribution in [0.2, 0.25) is 0 Å². The van der Waals surface area contributed by atoms with Gasteiger partial charge in [-0.25, -0.2) is 5.06 Å². The van der Waals surface area contributed by atoms with Crippen LogP contribution in [-0.2, 0) is 4.84 Å². The second-order valence-electron chi connectivity index (χ2n) is 3.67. The molecule has 2 rings (SSSR count). The van der Waals surface area contributed by atoms with Gasteiger partial charge in [-0.15, -0.1) is 0 Å². The van der Waals surface area contributed by atoms with Crippen molar-refractivity contribution in [2.24, 2.45) is 0 Å². The Morgan fingerprint density at radius 3 is 2.93 bits per heavy atom. The van der Waals surface area contributed by atoms with Gasteiger partial charge in [0, 0.05) is 11.3 Å². The van der Waals surface area contributed by atoms with Crippen molar-refractivity contribution in [1.29, 1.82) is 0 Å². The van der Waals surface area contributed by atoms with Crippen molar-refractivity contribution in [2.45, 2.75) is 13.3 Å². The second-order valence-corrected chi connectivity index (χ2v) is 3.67. The quantitative estimate of drug-likeness (QED) is 0.706. The molecular weight excluding hydrogens is 192 g/mol. The van der Waals surface area contributed by atoms with E-state index in [4.69, 9.17) is 10.6 Å². The van der Waals surface area contributed by atoms with Crippen LogP contribution in [0.25, 0.3) is 0 Å². The van der Waals surface area contributed by atoms with Gasteiger partial charge in [0.25, 0.3) is 5.91 Å². The standard InChI is InChI=1S/C11H14N2O2/c1-8-7-9(3-4-10(8)12)11(14)13-5-2-6-15-13/h3-4,7H,2,5-6,12H2,1H3. The van der Waals surface area contributed by atoms with Gasteiger partial charge in [-0.1, -0.05) is 0 Å². The minimum Gasteiger partial charge on any atom is -0.399 e. The Bertz CT molecular complexity index is 384. The van der Waals surface area contributed by atoms with Gasteiger partial charge in [0.05, 0.1) is 13.2 Å². The van der Waals surface area contributed by atoms with Crippen LogP contribution in [-0.4, -0.2) is 24.1 Å². The predicted molar refractivity (Wildman–Crippen MR) is 57.2 cm³/mol. The lowest BCUT2D eigenvalue weighted by molar-refractivity contribution is -0.0768. The van der Waals surface area contributed by atoms with Gasteiger partial charge in [-0.2, -0.15) is 0 Å². The van der Waals surface area contributed by atoms with Gasteiger partial charge in [-0.05, 0) is 37.1 Å². The average molecular weight is 206 g/mol. The minimum atomic E-state index is -0.0874. The Kier molecular flexibility index (Phi) is 2.60. The zero-order chi connectivity index (χ0) is 10.8. The number of hydroxylamine groups is 2.